The van der Waals surface area contributed by atoms with Crippen LogP contribution in [-0.2, 0) is 6.54 Å². The Morgan fingerprint density at radius 1 is 1.02 bits per heavy atom. The van der Waals surface area contributed by atoms with E-state index in [-0.39, 0.29) is 23.2 Å². The number of nitrogens with zero attached hydrogens (tertiary/aromatic N) is 4. The van der Waals surface area contributed by atoms with Gasteiger partial charge in [-0.25, -0.2) is 4.98 Å². The van der Waals surface area contributed by atoms with Crippen molar-refractivity contribution in [2.75, 3.05) is 5.32 Å². The third-order valence-corrected chi connectivity index (χ3v) is 6.54. The third kappa shape index (κ3) is 8.16. The predicted molar refractivity (Wildman–Crippen MR) is 159 cm³/mol. The molecule has 2 heterocycles. The molecule has 9 nitrogen and oxygen atoms in total. The lowest BCUT2D eigenvalue weighted by molar-refractivity contribution is 0.0930. The quantitative estimate of drug-likeness (QED) is 0.201. The standard InChI is InChI=1S/C31H31ClN6O3/c1-3-6-23(7-4-2)35-29(39)27-20-38(19-21-10-12-22(32)13-11-21)31(37-30(27)40)36-24-14-16-26(17-15-24)41-28-9-5-8-25(18-33)34-28/h5,8-17,20,23H,3-4,6-7,19H2,1-2H3,(H,35,39)(H,36,37,40). The summed E-state index contributed by atoms with van der Waals surface area (Å²) >= 11 is 6.07. The molecule has 0 atom stereocenters. The number of ether oxygens (including phenoxy) is 1. The minimum Gasteiger partial charge on any atom is -0.439 e. The molecule has 4 aromatic rings. The van der Waals surface area contributed by atoms with Crippen LogP contribution in [0.1, 0.15) is 61.1 Å². The number of nitrogens with one attached hydrogen (secondary N) is 2. The van der Waals surface area contributed by atoms with Gasteiger partial charge in [-0.15, -0.1) is 0 Å². The van der Waals surface area contributed by atoms with Crippen molar-refractivity contribution in [3.05, 3.63) is 105 Å². The van der Waals surface area contributed by atoms with Crippen LogP contribution in [0, 0.1) is 11.3 Å². The largest absolute Gasteiger partial charge is 0.439 e. The lowest BCUT2D eigenvalue weighted by atomic mass is 10.1. The lowest BCUT2D eigenvalue weighted by Crippen LogP contribution is -2.38. The second-order valence-electron chi connectivity index (χ2n) is 9.51. The maximum Gasteiger partial charge on any atom is 0.287 e. The number of amides is 1. The molecule has 0 unspecified atom stereocenters. The zero-order valence-electron chi connectivity index (χ0n) is 22.9. The molecule has 2 aromatic carbocycles. The van der Waals surface area contributed by atoms with E-state index in [2.05, 4.69) is 34.4 Å². The van der Waals surface area contributed by atoms with Crippen LogP contribution in [0.15, 0.2) is 77.7 Å². The zero-order chi connectivity index (χ0) is 29.2. The van der Waals surface area contributed by atoms with Gasteiger partial charge in [0, 0.05) is 29.0 Å². The summed E-state index contributed by atoms with van der Waals surface area (Å²) in [6, 6.07) is 21.3. The van der Waals surface area contributed by atoms with Gasteiger partial charge in [-0.05, 0) is 60.9 Å². The molecule has 210 valence electrons. The van der Waals surface area contributed by atoms with Crippen LogP contribution in [0.2, 0.25) is 5.02 Å². The van der Waals surface area contributed by atoms with Gasteiger partial charge in [0.25, 0.3) is 11.5 Å². The van der Waals surface area contributed by atoms with Crippen molar-refractivity contribution in [2.45, 2.75) is 52.1 Å². The van der Waals surface area contributed by atoms with E-state index >= 15 is 0 Å². The van der Waals surface area contributed by atoms with Crippen LogP contribution in [0.5, 0.6) is 11.6 Å². The van der Waals surface area contributed by atoms with Crippen LogP contribution < -0.4 is 20.9 Å². The van der Waals surface area contributed by atoms with E-state index in [0.717, 1.165) is 31.2 Å². The van der Waals surface area contributed by atoms with E-state index < -0.39 is 11.5 Å². The highest BCUT2D eigenvalue weighted by Gasteiger charge is 2.19. The molecule has 0 spiro atoms. The number of pyridine rings is 1. The van der Waals surface area contributed by atoms with Gasteiger partial charge in [0.2, 0.25) is 11.8 Å². The Kier molecular flexibility index (Phi) is 10.1. The Morgan fingerprint density at radius 3 is 2.39 bits per heavy atom. The molecule has 0 saturated heterocycles. The summed E-state index contributed by atoms with van der Waals surface area (Å²) in [5, 5.41) is 15.8. The number of aromatic nitrogens is 3. The van der Waals surface area contributed by atoms with E-state index in [1.165, 1.54) is 0 Å². The van der Waals surface area contributed by atoms with Crippen LogP contribution in [0.25, 0.3) is 0 Å². The van der Waals surface area contributed by atoms with E-state index in [1.54, 1.807) is 65.4 Å². The van der Waals surface area contributed by atoms with Crippen LogP contribution >= 0.6 is 11.6 Å². The number of nitriles is 1. The fraction of sp³-hybridized carbons (Fsp3) is 0.258. The van der Waals surface area contributed by atoms with Gasteiger partial charge in [0.05, 0.1) is 6.54 Å². The first kappa shape index (κ1) is 29.3. The molecule has 0 radical (unpaired) electrons. The van der Waals surface area contributed by atoms with Gasteiger partial charge >= 0.3 is 0 Å². The highest BCUT2D eigenvalue weighted by molar-refractivity contribution is 6.30. The molecule has 0 aliphatic carbocycles. The average molecular weight is 571 g/mol. The Balaban J connectivity index is 1.60. The van der Waals surface area contributed by atoms with E-state index in [1.807, 2.05) is 18.2 Å². The number of hydrogen-bond acceptors (Lipinski definition) is 7. The Hall–Kier alpha value is -4.68. The molecule has 2 N–H and O–H groups in total. The first-order valence-corrected chi connectivity index (χ1v) is 13.8. The van der Waals surface area contributed by atoms with Gasteiger partial charge in [0.15, 0.2) is 0 Å². The molecule has 41 heavy (non-hydrogen) atoms. The normalized spacial score (nSPS) is 10.7. The van der Waals surface area contributed by atoms with E-state index in [0.29, 0.717) is 28.9 Å². The maximum atomic E-state index is 13.1. The zero-order valence-corrected chi connectivity index (χ0v) is 23.7. The lowest BCUT2D eigenvalue weighted by Gasteiger charge is -2.19. The summed E-state index contributed by atoms with van der Waals surface area (Å²) in [7, 11) is 0. The summed E-state index contributed by atoms with van der Waals surface area (Å²) in [6.07, 6.45) is 5.08. The molecule has 0 aliphatic heterocycles. The summed E-state index contributed by atoms with van der Waals surface area (Å²) < 4.78 is 7.48. The van der Waals surface area contributed by atoms with Crippen molar-refractivity contribution in [3.63, 3.8) is 0 Å². The molecule has 0 bridgehead atoms. The summed E-state index contributed by atoms with van der Waals surface area (Å²) in [4.78, 5) is 34.5. The highest BCUT2D eigenvalue weighted by atomic mass is 35.5. The Labute approximate surface area is 243 Å². The van der Waals surface area contributed by atoms with Gasteiger partial charge in [-0.2, -0.15) is 10.2 Å². The number of rotatable bonds is 12. The SMILES string of the molecule is CCCC(CCC)NC(=O)c1cn(Cc2ccc(Cl)cc2)c(Nc2ccc(Oc3cccc(C#N)n3)cc2)nc1=O. The first-order valence-electron chi connectivity index (χ1n) is 13.5. The molecule has 10 heteroatoms. The fourth-order valence-electron chi connectivity index (χ4n) is 4.29. The highest BCUT2D eigenvalue weighted by Crippen LogP contribution is 2.24. The molecular formula is C31H31ClN6O3. The van der Waals surface area contributed by atoms with Crippen molar-refractivity contribution in [2.24, 2.45) is 0 Å². The predicted octanol–water partition coefficient (Wildman–Crippen LogP) is 6.45. The van der Waals surface area contributed by atoms with Crippen molar-refractivity contribution in [3.8, 4) is 17.7 Å². The van der Waals surface area contributed by atoms with Gasteiger partial charge in [-0.3, -0.25) is 9.59 Å². The average Bonchev–Trinajstić information content (AvgIpc) is 2.97. The second-order valence-corrected chi connectivity index (χ2v) is 9.95. The summed E-state index contributed by atoms with van der Waals surface area (Å²) in [5.41, 5.74) is 1.19. The number of benzene rings is 2. The molecule has 1 amide bonds. The minimum absolute atomic E-state index is 0.00210. The number of halogens is 1. The molecule has 0 fully saturated rings. The van der Waals surface area contributed by atoms with Crippen molar-refractivity contribution in [1.82, 2.24) is 19.9 Å². The van der Waals surface area contributed by atoms with Crippen LogP contribution in [-0.4, -0.2) is 26.5 Å². The number of carbonyl (C=O) groups excluding carboxylic acids is 1. The summed E-state index contributed by atoms with van der Waals surface area (Å²) in [5.74, 6) is 0.668. The Bertz CT molecular complexity index is 1570. The molecule has 4 rings (SSSR count). The van der Waals surface area contributed by atoms with Crippen LogP contribution in [0.3, 0.4) is 0 Å². The van der Waals surface area contributed by atoms with Crippen molar-refractivity contribution in [1.29, 1.82) is 5.26 Å². The van der Waals surface area contributed by atoms with Crippen molar-refractivity contribution >= 4 is 29.1 Å². The topological polar surface area (TPSA) is 122 Å². The second kappa shape index (κ2) is 14.1. The Morgan fingerprint density at radius 2 is 1.73 bits per heavy atom. The monoisotopic (exact) mass is 570 g/mol. The molecule has 2 aromatic heterocycles. The van der Waals surface area contributed by atoms with E-state index in [4.69, 9.17) is 21.6 Å². The smallest absolute Gasteiger partial charge is 0.287 e. The van der Waals surface area contributed by atoms with E-state index in [9.17, 15) is 9.59 Å². The number of carbonyl (C=O) groups is 1. The minimum atomic E-state index is -0.618. The van der Waals surface area contributed by atoms with Crippen molar-refractivity contribution < 1.29 is 9.53 Å². The number of hydrogen-bond donors (Lipinski definition) is 2. The summed E-state index contributed by atoms with van der Waals surface area (Å²) in [6.45, 7) is 4.48. The van der Waals surface area contributed by atoms with Crippen LogP contribution in [0.4, 0.5) is 11.6 Å². The first-order chi connectivity index (χ1) is 19.9. The molecular weight excluding hydrogens is 540 g/mol. The van der Waals surface area contributed by atoms with Gasteiger partial charge in [-0.1, -0.05) is 56.5 Å². The fourth-order valence-corrected chi connectivity index (χ4v) is 4.42. The number of anilines is 2. The third-order valence-electron chi connectivity index (χ3n) is 6.29. The molecule has 0 aliphatic rings. The van der Waals surface area contributed by atoms with Gasteiger partial charge < -0.3 is 19.9 Å². The molecule has 0 saturated carbocycles. The maximum absolute atomic E-state index is 13.1. The van der Waals surface area contributed by atoms with Gasteiger partial charge in [0.1, 0.15) is 23.1 Å².